The summed E-state index contributed by atoms with van der Waals surface area (Å²) in [4.78, 5) is 4.21. The molecule has 2 atom stereocenters. The molecule has 0 saturated heterocycles. The minimum absolute atomic E-state index is 0.146. The fourth-order valence-corrected chi connectivity index (χ4v) is 0.961. The number of halogens is 1. The summed E-state index contributed by atoms with van der Waals surface area (Å²) in [5.41, 5.74) is 0.146. The van der Waals surface area contributed by atoms with Crippen LogP contribution in [0.4, 0.5) is 0 Å². The lowest BCUT2D eigenvalue weighted by molar-refractivity contribution is 0.250. The Morgan fingerprint density at radius 2 is 1.55 bits per heavy atom. The summed E-state index contributed by atoms with van der Waals surface area (Å²) in [5, 5.41) is 0. The first-order valence-corrected chi connectivity index (χ1v) is 4.35. The first-order chi connectivity index (χ1) is 4.95. The molecule has 0 N–H and O–H groups in total. The van der Waals surface area contributed by atoms with Crippen molar-refractivity contribution in [3.05, 3.63) is 0 Å². The van der Waals surface area contributed by atoms with Gasteiger partial charge in [0.1, 0.15) is 0 Å². The molecule has 0 aromatic carbocycles. The third-order valence-corrected chi connectivity index (χ3v) is 2.55. The van der Waals surface area contributed by atoms with Crippen LogP contribution in [0.3, 0.4) is 0 Å². The second-order valence-electron chi connectivity index (χ2n) is 3.45. The van der Waals surface area contributed by atoms with E-state index in [0.29, 0.717) is 6.04 Å². The van der Waals surface area contributed by atoms with Crippen LogP contribution in [0.15, 0.2) is 0 Å². The molecule has 0 rings (SSSR count). The van der Waals surface area contributed by atoms with Gasteiger partial charge in [0.2, 0.25) is 0 Å². The number of rotatable bonds is 4. The highest BCUT2D eigenvalue weighted by Crippen LogP contribution is 2.10. The molecular formula is C8H19ClN2. The minimum Gasteiger partial charge on any atom is -0.307 e. The van der Waals surface area contributed by atoms with Crippen LogP contribution in [0, 0.1) is 0 Å². The zero-order valence-electron chi connectivity index (χ0n) is 8.13. The molecule has 0 heterocycles. The van der Waals surface area contributed by atoms with Crippen molar-refractivity contribution in [2.75, 3.05) is 28.2 Å². The first-order valence-electron chi connectivity index (χ1n) is 3.92. The number of hydrogen-bond donors (Lipinski definition) is 0. The van der Waals surface area contributed by atoms with Crippen molar-refractivity contribution in [2.45, 2.75) is 24.9 Å². The normalized spacial score (nSPS) is 17.5. The predicted molar refractivity (Wildman–Crippen MR) is 51.1 cm³/mol. The van der Waals surface area contributed by atoms with Crippen LogP contribution in [-0.4, -0.2) is 49.5 Å². The summed E-state index contributed by atoms with van der Waals surface area (Å²) in [6.07, 6.45) is 1.00. The standard InChI is InChI=1S/C8H19ClN2/c1-7(10(2)3)6-8(9)11(4)5/h7-8H,6H2,1-5H3. The highest BCUT2D eigenvalue weighted by atomic mass is 35.5. The van der Waals surface area contributed by atoms with Crippen LogP contribution in [0.25, 0.3) is 0 Å². The Balaban J connectivity index is 3.66. The monoisotopic (exact) mass is 178 g/mol. The van der Waals surface area contributed by atoms with Gasteiger partial charge in [-0.25, -0.2) is 0 Å². The van der Waals surface area contributed by atoms with E-state index in [0.717, 1.165) is 6.42 Å². The molecule has 0 saturated carbocycles. The van der Waals surface area contributed by atoms with Gasteiger partial charge in [0, 0.05) is 6.04 Å². The molecule has 2 nitrogen and oxygen atoms in total. The van der Waals surface area contributed by atoms with Gasteiger partial charge in [0.05, 0.1) is 5.50 Å². The lowest BCUT2D eigenvalue weighted by Crippen LogP contribution is -2.32. The lowest BCUT2D eigenvalue weighted by atomic mass is 10.2. The summed E-state index contributed by atoms with van der Waals surface area (Å²) < 4.78 is 0. The van der Waals surface area contributed by atoms with Gasteiger partial charge in [-0.2, -0.15) is 0 Å². The maximum absolute atomic E-state index is 6.05. The summed E-state index contributed by atoms with van der Waals surface area (Å²) in [7, 11) is 8.15. The largest absolute Gasteiger partial charge is 0.307 e. The molecule has 0 radical (unpaired) electrons. The molecule has 0 aliphatic rings. The van der Waals surface area contributed by atoms with Crippen LogP contribution in [0.1, 0.15) is 13.3 Å². The van der Waals surface area contributed by atoms with Gasteiger partial charge >= 0.3 is 0 Å². The molecule has 0 aliphatic heterocycles. The van der Waals surface area contributed by atoms with Crippen LogP contribution in [0.2, 0.25) is 0 Å². The van der Waals surface area contributed by atoms with Crippen molar-refractivity contribution < 1.29 is 0 Å². The van der Waals surface area contributed by atoms with Crippen molar-refractivity contribution in [2.24, 2.45) is 0 Å². The maximum Gasteiger partial charge on any atom is 0.0860 e. The average molecular weight is 179 g/mol. The van der Waals surface area contributed by atoms with Crippen molar-refractivity contribution in [1.82, 2.24) is 9.80 Å². The average Bonchev–Trinajstić information content (AvgIpc) is 1.87. The third kappa shape index (κ3) is 4.62. The molecule has 0 bridgehead atoms. The fourth-order valence-electron chi connectivity index (χ4n) is 0.703. The maximum atomic E-state index is 6.05. The van der Waals surface area contributed by atoms with Gasteiger partial charge in [0.15, 0.2) is 0 Å². The minimum atomic E-state index is 0.146. The van der Waals surface area contributed by atoms with E-state index in [1.807, 2.05) is 19.0 Å². The van der Waals surface area contributed by atoms with E-state index in [4.69, 9.17) is 11.6 Å². The first kappa shape index (κ1) is 11.2. The summed E-state index contributed by atoms with van der Waals surface area (Å²) >= 11 is 6.05. The molecule has 11 heavy (non-hydrogen) atoms. The van der Waals surface area contributed by atoms with Gasteiger partial charge in [-0.3, -0.25) is 4.90 Å². The third-order valence-electron chi connectivity index (χ3n) is 1.98. The van der Waals surface area contributed by atoms with E-state index in [-0.39, 0.29) is 5.50 Å². The van der Waals surface area contributed by atoms with E-state index in [2.05, 4.69) is 25.9 Å². The summed E-state index contributed by atoms with van der Waals surface area (Å²) in [6, 6.07) is 0.542. The van der Waals surface area contributed by atoms with Crippen molar-refractivity contribution in [3.8, 4) is 0 Å². The van der Waals surface area contributed by atoms with Crippen LogP contribution in [-0.2, 0) is 0 Å². The second-order valence-corrected chi connectivity index (χ2v) is 3.95. The molecule has 3 heteroatoms. The zero-order chi connectivity index (χ0) is 9.02. The van der Waals surface area contributed by atoms with Crippen LogP contribution < -0.4 is 0 Å². The van der Waals surface area contributed by atoms with Crippen LogP contribution >= 0.6 is 11.6 Å². The quantitative estimate of drug-likeness (QED) is 0.475. The van der Waals surface area contributed by atoms with Crippen LogP contribution in [0.5, 0.6) is 0 Å². The molecule has 0 aliphatic carbocycles. The Kier molecular flexibility index (Phi) is 5.06. The highest BCUT2D eigenvalue weighted by Gasteiger charge is 2.13. The van der Waals surface area contributed by atoms with Gasteiger partial charge in [-0.1, -0.05) is 0 Å². The van der Waals surface area contributed by atoms with Gasteiger partial charge in [-0.15, -0.1) is 11.6 Å². The Hall–Kier alpha value is 0.210. The Bertz CT molecular complexity index is 92.3. The lowest BCUT2D eigenvalue weighted by Gasteiger charge is -2.25. The van der Waals surface area contributed by atoms with E-state index < -0.39 is 0 Å². The Labute approximate surface area is 75.1 Å². The molecule has 0 aromatic rings. The van der Waals surface area contributed by atoms with Gasteiger partial charge in [-0.05, 0) is 41.5 Å². The number of nitrogens with zero attached hydrogens (tertiary/aromatic N) is 2. The highest BCUT2D eigenvalue weighted by molar-refractivity contribution is 6.20. The summed E-state index contributed by atoms with van der Waals surface area (Å²) in [6.45, 7) is 2.18. The van der Waals surface area contributed by atoms with Gasteiger partial charge in [0.25, 0.3) is 0 Å². The molecular weight excluding hydrogens is 160 g/mol. The van der Waals surface area contributed by atoms with E-state index in [1.165, 1.54) is 0 Å². The SMILES string of the molecule is CC(CC(Cl)N(C)C)N(C)C. The molecule has 68 valence electrons. The second kappa shape index (κ2) is 4.96. The smallest absolute Gasteiger partial charge is 0.0860 e. The molecule has 0 fully saturated rings. The molecule has 0 amide bonds. The molecule has 2 unspecified atom stereocenters. The molecule has 0 aromatic heterocycles. The van der Waals surface area contributed by atoms with E-state index in [9.17, 15) is 0 Å². The summed E-state index contributed by atoms with van der Waals surface area (Å²) in [5.74, 6) is 0. The van der Waals surface area contributed by atoms with Crippen molar-refractivity contribution in [3.63, 3.8) is 0 Å². The van der Waals surface area contributed by atoms with Gasteiger partial charge < -0.3 is 4.90 Å². The number of hydrogen-bond acceptors (Lipinski definition) is 2. The van der Waals surface area contributed by atoms with Crippen molar-refractivity contribution in [1.29, 1.82) is 0 Å². The Morgan fingerprint density at radius 1 is 1.09 bits per heavy atom. The van der Waals surface area contributed by atoms with E-state index in [1.54, 1.807) is 0 Å². The Morgan fingerprint density at radius 3 is 1.82 bits per heavy atom. The topological polar surface area (TPSA) is 6.48 Å². The number of alkyl halides is 1. The molecule has 0 spiro atoms. The zero-order valence-corrected chi connectivity index (χ0v) is 8.89. The fraction of sp³-hybridized carbons (Fsp3) is 1.00. The predicted octanol–water partition coefficient (Wildman–Crippen LogP) is 1.45. The van der Waals surface area contributed by atoms with E-state index >= 15 is 0 Å². The van der Waals surface area contributed by atoms with Crippen molar-refractivity contribution >= 4 is 11.6 Å².